The van der Waals surface area contributed by atoms with Gasteiger partial charge in [-0.3, -0.25) is 9.59 Å². The van der Waals surface area contributed by atoms with E-state index < -0.39 is 17.0 Å². The van der Waals surface area contributed by atoms with E-state index in [1.54, 1.807) is 0 Å². The first-order chi connectivity index (χ1) is 11.5. The van der Waals surface area contributed by atoms with Crippen LogP contribution in [0.4, 0.5) is 0 Å². The summed E-state index contributed by atoms with van der Waals surface area (Å²) in [5.41, 5.74) is -1.23. The van der Waals surface area contributed by atoms with Crippen LogP contribution in [-0.2, 0) is 9.59 Å². The molecule has 0 aromatic carbocycles. The van der Waals surface area contributed by atoms with Crippen LogP contribution in [0, 0.1) is 29.6 Å². The summed E-state index contributed by atoms with van der Waals surface area (Å²) < 4.78 is 0. The third kappa shape index (κ3) is 3.31. The van der Waals surface area contributed by atoms with Gasteiger partial charge in [0.1, 0.15) is 0 Å². The van der Waals surface area contributed by atoms with Gasteiger partial charge in [0.25, 0.3) is 0 Å². The largest absolute Gasteiger partial charge is 0.481 e. The summed E-state index contributed by atoms with van der Waals surface area (Å²) in [6, 6.07) is 0. The molecule has 6 heteroatoms. The number of nitrogens with one attached hydrogen (secondary N) is 1. The van der Waals surface area contributed by atoms with E-state index >= 15 is 0 Å². The molecule has 130 valence electrons. The molecule has 0 radical (unpaired) electrons. The Balaban J connectivity index is 1.50. The average Bonchev–Trinajstić information content (AvgIpc) is 3.37. The van der Waals surface area contributed by atoms with E-state index in [9.17, 15) is 14.7 Å². The number of carboxylic acids is 1. The van der Waals surface area contributed by atoms with E-state index in [0.717, 1.165) is 25.7 Å². The molecular weight excluding hydrogens is 306 g/mol. The van der Waals surface area contributed by atoms with E-state index in [2.05, 4.69) is 21.5 Å². The summed E-state index contributed by atoms with van der Waals surface area (Å²) >= 11 is 0. The number of terminal acetylenes is 1. The standard InChI is InChI=1S/C18H25N3O3/c1-2-3-9-18(20-21-18)10-8-15(22)19-12-17(16(23)24)11-13-4-6-14(17)7-5-13/h1,13-14H,3-12H2,(H,19,22)(H,23,24). The minimum Gasteiger partial charge on any atom is -0.481 e. The lowest BCUT2D eigenvalue weighted by molar-refractivity contribution is -0.160. The minimum atomic E-state index is -0.772. The molecule has 1 atom stereocenters. The molecule has 0 spiro atoms. The molecule has 24 heavy (non-hydrogen) atoms. The van der Waals surface area contributed by atoms with E-state index in [-0.39, 0.29) is 18.4 Å². The van der Waals surface area contributed by atoms with Crippen molar-refractivity contribution >= 4 is 11.9 Å². The molecule has 1 aliphatic heterocycles. The second kappa shape index (κ2) is 6.54. The van der Waals surface area contributed by atoms with Gasteiger partial charge in [-0.2, -0.15) is 10.2 Å². The Morgan fingerprint density at radius 3 is 2.42 bits per heavy atom. The predicted molar refractivity (Wildman–Crippen MR) is 88.0 cm³/mol. The van der Waals surface area contributed by atoms with Gasteiger partial charge in [-0.1, -0.05) is 12.8 Å². The van der Waals surface area contributed by atoms with Crippen molar-refractivity contribution in [3.63, 3.8) is 0 Å². The molecule has 0 aromatic rings. The van der Waals surface area contributed by atoms with Crippen molar-refractivity contribution in [2.75, 3.05) is 6.54 Å². The molecule has 1 amide bonds. The van der Waals surface area contributed by atoms with Gasteiger partial charge in [0.15, 0.2) is 5.66 Å². The summed E-state index contributed by atoms with van der Waals surface area (Å²) in [7, 11) is 0. The fraction of sp³-hybridized carbons (Fsp3) is 0.778. The first-order valence-electron chi connectivity index (χ1n) is 8.87. The molecule has 3 fully saturated rings. The highest BCUT2D eigenvalue weighted by molar-refractivity contribution is 5.79. The summed E-state index contributed by atoms with van der Waals surface area (Å²) in [4.78, 5) is 24.1. The first-order valence-corrected chi connectivity index (χ1v) is 8.87. The molecule has 2 N–H and O–H groups in total. The second-order valence-corrected chi connectivity index (χ2v) is 7.55. The molecule has 0 aromatic heterocycles. The minimum absolute atomic E-state index is 0.116. The smallest absolute Gasteiger partial charge is 0.311 e. The van der Waals surface area contributed by atoms with E-state index in [0.29, 0.717) is 38.0 Å². The maximum absolute atomic E-state index is 12.2. The van der Waals surface area contributed by atoms with Crippen LogP contribution in [0.3, 0.4) is 0 Å². The van der Waals surface area contributed by atoms with Crippen molar-refractivity contribution in [3.05, 3.63) is 0 Å². The number of fused-ring (bicyclic) bond motifs is 3. The molecule has 1 unspecified atom stereocenters. The lowest BCUT2D eigenvalue weighted by Crippen LogP contribution is -2.53. The van der Waals surface area contributed by atoms with Crippen LogP contribution in [0.2, 0.25) is 0 Å². The Morgan fingerprint density at radius 2 is 1.92 bits per heavy atom. The molecule has 0 saturated heterocycles. The van der Waals surface area contributed by atoms with Gasteiger partial charge < -0.3 is 10.4 Å². The summed E-state index contributed by atoms with van der Waals surface area (Å²) in [5.74, 6) is 2.39. The molecular formula is C18H25N3O3. The zero-order valence-electron chi connectivity index (χ0n) is 14.0. The predicted octanol–water partition coefficient (Wildman–Crippen LogP) is 2.74. The number of nitrogens with zero attached hydrogens (tertiary/aromatic N) is 2. The number of carboxylic acid groups (broad SMARTS) is 1. The number of aliphatic carboxylic acids is 1. The lowest BCUT2D eigenvalue weighted by atomic mass is 9.56. The number of rotatable bonds is 8. The van der Waals surface area contributed by atoms with Crippen LogP contribution in [0.25, 0.3) is 0 Å². The zero-order valence-corrected chi connectivity index (χ0v) is 14.0. The topological polar surface area (TPSA) is 91.1 Å². The monoisotopic (exact) mass is 331 g/mol. The molecule has 1 heterocycles. The fourth-order valence-corrected chi connectivity index (χ4v) is 4.48. The van der Waals surface area contributed by atoms with Crippen molar-refractivity contribution in [1.82, 2.24) is 5.32 Å². The Morgan fingerprint density at radius 1 is 1.21 bits per heavy atom. The highest BCUT2D eigenvalue weighted by atomic mass is 16.4. The highest BCUT2D eigenvalue weighted by Gasteiger charge is 2.52. The van der Waals surface area contributed by atoms with Crippen molar-refractivity contribution < 1.29 is 14.7 Å². The van der Waals surface area contributed by atoms with Gasteiger partial charge in [-0.15, -0.1) is 12.3 Å². The normalized spacial score (nSPS) is 32.1. The van der Waals surface area contributed by atoms with Crippen LogP contribution in [0.15, 0.2) is 10.2 Å². The average molecular weight is 331 g/mol. The van der Waals surface area contributed by atoms with E-state index in [1.807, 2.05) is 0 Å². The SMILES string of the molecule is C#CCCC1(CCC(=O)NCC2(C(=O)O)CC3CCC2CC3)N=N1. The molecule has 3 saturated carbocycles. The van der Waals surface area contributed by atoms with Gasteiger partial charge in [0.2, 0.25) is 5.91 Å². The van der Waals surface area contributed by atoms with Crippen molar-refractivity contribution in [2.45, 2.75) is 63.5 Å². The Hall–Kier alpha value is -1.90. The van der Waals surface area contributed by atoms with Crippen molar-refractivity contribution in [3.8, 4) is 12.3 Å². The van der Waals surface area contributed by atoms with Gasteiger partial charge in [0, 0.05) is 32.2 Å². The number of carbonyl (C=O) groups is 2. The Bertz CT molecular complexity index is 581. The summed E-state index contributed by atoms with van der Waals surface area (Å²) in [6.45, 7) is 0.244. The van der Waals surface area contributed by atoms with E-state index in [4.69, 9.17) is 6.42 Å². The number of hydrogen-bond acceptors (Lipinski definition) is 4. The van der Waals surface area contributed by atoms with Crippen LogP contribution < -0.4 is 5.32 Å². The van der Waals surface area contributed by atoms with Gasteiger partial charge in [0.05, 0.1) is 5.41 Å². The Labute approximate surface area is 142 Å². The van der Waals surface area contributed by atoms with Gasteiger partial charge in [-0.25, -0.2) is 0 Å². The zero-order chi connectivity index (χ0) is 17.2. The van der Waals surface area contributed by atoms with E-state index in [1.165, 1.54) is 0 Å². The van der Waals surface area contributed by atoms with Crippen LogP contribution in [0.1, 0.15) is 57.8 Å². The maximum Gasteiger partial charge on any atom is 0.311 e. The van der Waals surface area contributed by atoms with Gasteiger partial charge in [-0.05, 0) is 31.1 Å². The first kappa shape index (κ1) is 16.9. The number of carbonyl (C=O) groups excluding carboxylic acids is 1. The number of hydrogen-bond donors (Lipinski definition) is 2. The van der Waals surface area contributed by atoms with Crippen molar-refractivity contribution in [1.29, 1.82) is 0 Å². The second-order valence-electron chi connectivity index (χ2n) is 7.55. The maximum atomic E-state index is 12.2. The lowest BCUT2D eigenvalue weighted by Gasteiger charge is -2.49. The van der Waals surface area contributed by atoms with Crippen LogP contribution in [-0.4, -0.2) is 29.2 Å². The van der Waals surface area contributed by atoms with Gasteiger partial charge >= 0.3 is 5.97 Å². The summed E-state index contributed by atoms with van der Waals surface area (Å²) in [5, 5.41) is 20.7. The third-order valence-corrected chi connectivity index (χ3v) is 6.11. The highest BCUT2D eigenvalue weighted by Crippen LogP contribution is 2.52. The van der Waals surface area contributed by atoms with Crippen LogP contribution >= 0.6 is 0 Å². The summed E-state index contributed by atoms with van der Waals surface area (Å²) in [6.07, 6.45) is 12.3. The molecule has 2 bridgehead atoms. The molecule has 4 rings (SSSR count). The molecule has 4 aliphatic rings. The fourth-order valence-electron chi connectivity index (χ4n) is 4.48. The van der Waals surface area contributed by atoms with Crippen molar-refractivity contribution in [2.24, 2.45) is 27.5 Å². The number of amides is 1. The Kier molecular flexibility index (Phi) is 4.62. The molecule has 3 aliphatic carbocycles. The third-order valence-electron chi connectivity index (χ3n) is 6.11. The molecule has 6 nitrogen and oxygen atoms in total. The van der Waals surface area contributed by atoms with Crippen LogP contribution in [0.5, 0.6) is 0 Å². The quantitative estimate of drug-likeness (QED) is 0.670.